The van der Waals surface area contributed by atoms with Crippen LogP contribution >= 0.6 is 22.7 Å². The van der Waals surface area contributed by atoms with Crippen molar-refractivity contribution in [2.75, 3.05) is 13.1 Å². The van der Waals surface area contributed by atoms with Gasteiger partial charge in [0.15, 0.2) is 0 Å². The lowest BCUT2D eigenvalue weighted by Crippen LogP contribution is -2.30. The number of hydrogen-bond acceptors (Lipinski definition) is 6. The van der Waals surface area contributed by atoms with E-state index < -0.39 is 0 Å². The van der Waals surface area contributed by atoms with Crippen molar-refractivity contribution < 1.29 is 9.59 Å². The number of unbranched alkanes of at least 4 members (excludes halogenated alkanes) is 34. The summed E-state index contributed by atoms with van der Waals surface area (Å²) in [5.41, 5.74) is 8.25. The summed E-state index contributed by atoms with van der Waals surface area (Å²) in [5.74, 6) is 0.437. The Balaban J connectivity index is 1.29. The summed E-state index contributed by atoms with van der Waals surface area (Å²) >= 11 is 3.35. The molecule has 8 heterocycles. The molecule has 0 saturated carbocycles. The lowest BCUT2D eigenvalue weighted by Gasteiger charge is -2.25. The maximum atomic E-state index is 16.7. The Kier molecular flexibility index (Phi) is 32.9. The Morgan fingerprint density at radius 2 is 0.667 bits per heavy atom. The van der Waals surface area contributed by atoms with Crippen molar-refractivity contribution in [3.8, 4) is 10.6 Å². The second-order valence-corrected chi connectivity index (χ2v) is 32.0. The van der Waals surface area contributed by atoms with Gasteiger partial charge in [-0.2, -0.15) is 0 Å². The van der Waals surface area contributed by atoms with Crippen molar-refractivity contribution in [1.29, 1.82) is 0 Å². The molecule has 2 amide bonds. The molecule has 0 radical (unpaired) electrons. The van der Waals surface area contributed by atoms with Crippen molar-refractivity contribution in [3.05, 3.63) is 112 Å². The fourth-order valence-corrected chi connectivity index (χ4v) is 18.3. The van der Waals surface area contributed by atoms with Crippen molar-refractivity contribution >= 4 is 67.7 Å². The van der Waals surface area contributed by atoms with E-state index >= 15 is 19.2 Å². The number of aromatic nitrogens is 2. The molecule has 2 unspecified atom stereocenters. The van der Waals surface area contributed by atoms with E-state index in [0.717, 1.165) is 175 Å². The summed E-state index contributed by atoms with van der Waals surface area (Å²) in [6.45, 7) is 21.4. The molecule has 0 spiro atoms. The van der Waals surface area contributed by atoms with Crippen molar-refractivity contribution in [2.45, 2.75) is 363 Å². The first-order chi connectivity index (χ1) is 47.0. The molecule has 0 aromatic carbocycles. The monoisotopic (exact) mass is 1350 g/mol. The molecule has 8 rings (SSSR count). The van der Waals surface area contributed by atoms with Gasteiger partial charge in [0.2, 0.25) is 0 Å². The maximum Gasteiger partial charge on any atom is 0.264 e. The molecule has 0 N–H and O–H groups in total. The summed E-state index contributed by atoms with van der Waals surface area (Å²) in [6, 6.07) is 17.3. The highest BCUT2D eigenvalue weighted by atomic mass is 32.1. The molecule has 0 bridgehead atoms. The van der Waals surface area contributed by atoms with Crippen LogP contribution in [0, 0.1) is 6.92 Å². The molecule has 0 saturated heterocycles. The van der Waals surface area contributed by atoms with Crippen LogP contribution in [0.3, 0.4) is 0 Å². The average molecular weight is 1350 g/mol. The van der Waals surface area contributed by atoms with E-state index in [-0.39, 0.29) is 34.8 Å². The van der Waals surface area contributed by atoms with Crippen LogP contribution in [0.2, 0.25) is 0 Å². The Morgan fingerprint density at radius 3 is 1.06 bits per heavy atom. The molecule has 0 aliphatic carbocycles. The largest absolute Gasteiger partial charge is 0.306 e. The number of thiophene rings is 2. The molecular formula is C86H130N4O4S2. The average Bonchev–Trinajstić information content (AvgIpc) is 1.44. The predicted molar refractivity (Wildman–Crippen MR) is 416 cm³/mol. The summed E-state index contributed by atoms with van der Waals surface area (Å²) in [7, 11) is 0. The fourth-order valence-electron chi connectivity index (χ4n) is 16.2. The summed E-state index contributed by atoms with van der Waals surface area (Å²) in [6.07, 6.45) is 51.6. The minimum atomic E-state index is -0.0845. The minimum absolute atomic E-state index is 0.0377. The number of pyridine rings is 2. The SMILES string of the molecule is CCCCCCCCCCCCN1C(=O)C2=C(c3ccc(C(C)C)s3)N(CCCCCCCCCCCC)C(=O)C2=C1c1ccc(-c2ccc3c(C(CCCCCC)CCCCCCCC)c4c(=O)n5c(C)ccc5c(C(CCCCCC)CCCCCCCC)c4c(=O)n23)s1. The van der Waals surface area contributed by atoms with Gasteiger partial charge in [0.05, 0.1) is 64.7 Å². The molecule has 6 aromatic heterocycles. The molecule has 2 aliphatic rings. The van der Waals surface area contributed by atoms with E-state index in [0.29, 0.717) is 40.9 Å². The fraction of sp³-hybridized carbons (Fsp3) is 0.674. The van der Waals surface area contributed by atoms with Gasteiger partial charge in [-0.05, 0) is 123 Å². The highest BCUT2D eigenvalue weighted by molar-refractivity contribution is 7.16. The summed E-state index contributed by atoms with van der Waals surface area (Å²) in [4.78, 5) is 72.3. The summed E-state index contributed by atoms with van der Waals surface area (Å²) < 4.78 is 4.05. The quantitative estimate of drug-likeness (QED) is 0.0356. The second-order valence-electron chi connectivity index (χ2n) is 29.8. The van der Waals surface area contributed by atoms with E-state index in [4.69, 9.17) is 0 Å². The third kappa shape index (κ3) is 19.8. The van der Waals surface area contributed by atoms with Crippen LogP contribution in [0.4, 0.5) is 0 Å². The number of fused-ring (bicyclic) bond motifs is 4. The van der Waals surface area contributed by atoms with Crippen molar-refractivity contribution in [3.63, 3.8) is 0 Å². The minimum Gasteiger partial charge on any atom is -0.306 e. The van der Waals surface area contributed by atoms with Gasteiger partial charge in [0.1, 0.15) is 0 Å². The van der Waals surface area contributed by atoms with Crippen LogP contribution in [-0.4, -0.2) is 43.5 Å². The lowest BCUT2D eigenvalue weighted by atomic mass is 9.82. The number of carbonyl (C=O) groups excluding carboxylic acids is 2. The molecule has 530 valence electrons. The summed E-state index contributed by atoms with van der Waals surface area (Å²) in [5, 5.41) is 1.32. The first kappa shape index (κ1) is 76.9. The maximum absolute atomic E-state index is 16.7. The second kappa shape index (κ2) is 41.1. The molecular weight excluding hydrogens is 1220 g/mol. The van der Waals surface area contributed by atoms with Crippen LogP contribution in [0.25, 0.3) is 43.8 Å². The highest BCUT2D eigenvalue weighted by Gasteiger charge is 2.49. The number of hydrogen-bond donors (Lipinski definition) is 0. The van der Waals surface area contributed by atoms with Gasteiger partial charge in [-0.25, -0.2) is 0 Å². The van der Waals surface area contributed by atoms with Gasteiger partial charge in [0, 0.05) is 23.7 Å². The van der Waals surface area contributed by atoms with Crippen LogP contribution < -0.4 is 11.1 Å². The first-order valence-corrected chi connectivity index (χ1v) is 41.9. The van der Waals surface area contributed by atoms with Gasteiger partial charge in [0.25, 0.3) is 22.9 Å². The number of rotatable bonds is 52. The third-order valence-corrected chi connectivity index (χ3v) is 24.3. The highest BCUT2D eigenvalue weighted by Crippen LogP contribution is 2.51. The molecule has 0 fully saturated rings. The third-order valence-electron chi connectivity index (χ3n) is 21.7. The van der Waals surface area contributed by atoms with Gasteiger partial charge >= 0.3 is 0 Å². The lowest BCUT2D eigenvalue weighted by molar-refractivity contribution is -0.124. The van der Waals surface area contributed by atoms with E-state index in [2.05, 4.69) is 111 Å². The molecule has 96 heavy (non-hydrogen) atoms. The van der Waals surface area contributed by atoms with E-state index in [1.165, 1.54) is 172 Å². The van der Waals surface area contributed by atoms with Crippen molar-refractivity contribution in [2.24, 2.45) is 0 Å². The molecule has 2 aliphatic heterocycles. The molecule has 10 heteroatoms. The number of aryl methyl sites for hydroxylation is 1. The van der Waals surface area contributed by atoms with Crippen molar-refractivity contribution in [1.82, 2.24) is 18.6 Å². The van der Waals surface area contributed by atoms with Gasteiger partial charge in [-0.3, -0.25) is 28.0 Å². The Labute approximate surface area is 590 Å². The number of nitrogens with zero attached hydrogens (tertiary/aromatic N) is 4. The molecule has 6 aromatic rings. The zero-order valence-electron chi connectivity index (χ0n) is 62.1. The molecule has 2 atom stereocenters. The number of carbonyl (C=O) groups is 2. The Morgan fingerprint density at radius 1 is 0.344 bits per heavy atom. The van der Waals surface area contributed by atoms with E-state index in [9.17, 15) is 0 Å². The zero-order chi connectivity index (χ0) is 68.2. The van der Waals surface area contributed by atoms with E-state index in [1.807, 2.05) is 18.6 Å². The zero-order valence-corrected chi connectivity index (χ0v) is 63.7. The number of amides is 2. The van der Waals surface area contributed by atoms with Gasteiger partial charge in [-0.1, -0.05) is 299 Å². The smallest absolute Gasteiger partial charge is 0.264 e. The first-order valence-electron chi connectivity index (χ1n) is 40.3. The van der Waals surface area contributed by atoms with Crippen LogP contribution in [0.1, 0.15) is 387 Å². The van der Waals surface area contributed by atoms with E-state index in [1.54, 1.807) is 22.7 Å². The van der Waals surface area contributed by atoms with Crippen LogP contribution in [-0.2, 0) is 9.59 Å². The topological polar surface area (TPSA) is 83.6 Å². The standard InChI is InChI=1S/C86H130N4O4S2/c1-10-16-22-28-32-34-36-38-42-48-62-87-81(73-60-58-71(95-73)64(7)8)79-80(84(87)92)82(88(83(79)91)63-49-43-39-37-35-33-29-23-17-11-2)74-61-59-72(96-74)68-56-57-70-76(67(51-45-27-21-15-6)53-47-41-31-25-19-13-4)77-78(86(94)90(68)70)75(69-55-54-65(9)89(69)85(77)93)66(50-44-26-20-14-5)52-46-40-30-24-18-12-3/h54-61,64,66-67H,10-53,62-63H2,1-9H3. The normalized spacial score (nSPS) is 14.4. The molecule has 8 nitrogen and oxygen atoms in total. The van der Waals surface area contributed by atoms with Gasteiger partial charge < -0.3 is 9.80 Å². The van der Waals surface area contributed by atoms with Gasteiger partial charge in [-0.15, -0.1) is 22.7 Å². The van der Waals surface area contributed by atoms with Crippen LogP contribution in [0.15, 0.2) is 69.3 Å². The Bertz CT molecular complexity index is 3520. The predicted octanol–water partition coefficient (Wildman–Crippen LogP) is 26.0. The van der Waals surface area contributed by atoms with Crippen LogP contribution in [0.5, 0.6) is 0 Å². The Hall–Kier alpha value is -4.80.